The number of carboxylic acids is 1. The Labute approximate surface area is 801 Å². The van der Waals surface area contributed by atoms with Crippen LogP contribution in [0.2, 0.25) is 26.4 Å². The number of nitrogens with one attached hydrogen (secondary N) is 4. The van der Waals surface area contributed by atoms with Gasteiger partial charge in [-0.1, -0.05) is 15.9 Å². The zero-order chi connectivity index (χ0) is 84.1. The molecule has 633 valence electrons. The van der Waals surface area contributed by atoms with Gasteiger partial charge in [-0.25, -0.2) is 77.6 Å². The number of ketones is 2. The zero-order valence-corrected chi connectivity index (χ0v) is 77.5. The molecule has 6 heterocycles. The number of anilines is 5. The Balaban J connectivity index is 0. The quantitative estimate of drug-likeness (QED) is 0.00715. The second-order valence-corrected chi connectivity index (χ2v) is 29.5. The van der Waals surface area contributed by atoms with Gasteiger partial charge in [0, 0.05) is 138 Å². The molecule has 0 saturated heterocycles. The maximum Gasteiger partial charge on any atom is 1.00 e. The number of carboxylic acid groups (broad SMARTS) is 1. The van der Waals surface area contributed by atoms with Gasteiger partial charge in [-0.2, -0.15) is 33.3 Å². The Morgan fingerprint density at radius 1 is 0.603 bits per heavy atom. The number of aliphatic hydroxyl groups excluding tert-OH is 1. The van der Waals surface area contributed by atoms with Gasteiger partial charge >= 0.3 is 138 Å². The van der Waals surface area contributed by atoms with E-state index in [0.717, 1.165) is 6.26 Å². The number of Topliss-reactive ketones (excluding diaryl/α,β-unsaturated/α-hetero) is 2. The molecule has 0 spiro atoms. The molecule has 3 atom stereocenters. The fourth-order valence-corrected chi connectivity index (χ4v) is 12.7. The summed E-state index contributed by atoms with van der Waals surface area (Å²) >= 11 is 31.0. The molecule has 1 aliphatic heterocycles. The first-order valence-corrected chi connectivity index (χ1v) is 37.6. The molecular weight excluding hydrogens is 1840 g/mol. The largest absolute Gasteiger partial charge is 1.00 e. The number of aromatic hydroxyl groups is 1. The Kier molecular flexibility index (Phi) is 47.9. The van der Waals surface area contributed by atoms with Crippen LogP contribution < -0.4 is 183 Å². The van der Waals surface area contributed by atoms with Crippen LogP contribution in [0.15, 0.2) is 31.0 Å². The van der Waals surface area contributed by atoms with Crippen molar-refractivity contribution >= 4 is 146 Å². The van der Waals surface area contributed by atoms with Crippen molar-refractivity contribution in [1.82, 2.24) is 49.8 Å². The molecule has 3 radical (unpaired) electrons. The summed E-state index contributed by atoms with van der Waals surface area (Å²) in [7, 11) is 4.49. The SMILES string of the molecule is CN1c2nc(Cl)ncc2OCC1C1CC(F)(F)C1.CNc1nc(Cl)ncc1O.CNc1nc(Cl)ncc1OCC(=O)C1CC(F)(F)C1.CNc1nc(Cl)ncc1OCC(O)C1CC(F)(F)C1.CNc1nc(Cl)ncc1OCC(OS(C)(=O)=O)C1CC(F)(F)C1.O=C(CBr)C1CC(F)(F)C1.O=C(O)C1CC(F)(F)C1.O=CO[O-].[B].[H-].[H-].[K+].[K+].[Na+]. The van der Waals surface area contributed by atoms with Crippen molar-refractivity contribution < 1.29 is 264 Å². The van der Waals surface area contributed by atoms with E-state index in [1.165, 1.54) is 31.0 Å². The maximum atomic E-state index is 13.0. The van der Waals surface area contributed by atoms with Crippen LogP contribution in [0.5, 0.6) is 28.7 Å². The molecule has 0 bridgehead atoms. The van der Waals surface area contributed by atoms with Crippen molar-refractivity contribution in [3.63, 3.8) is 0 Å². The monoisotopic (exact) mass is 1910 g/mol. The Bertz CT molecular complexity index is 4100. The molecule has 7 N–H and O–H groups in total. The minimum Gasteiger partial charge on any atom is -1.00 e. The molecule has 0 amide bonds. The second kappa shape index (κ2) is 50.0. The molecular formula is C62H76BBrCl5F12K2N15NaO16S. The third kappa shape index (κ3) is 37.2. The number of aliphatic carboxylic acids is 1. The number of aromatic nitrogens is 10. The van der Waals surface area contributed by atoms with Gasteiger partial charge in [0.2, 0.25) is 62.0 Å². The normalized spacial score (nSPS) is 18.9. The van der Waals surface area contributed by atoms with Gasteiger partial charge in [-0.3, -0.25) is 23.4 Å². The smallest absolute Gasteiger partial charge is 1.00 e. The van der Waals surface area contributed by atoms with E-state index in [-0.39, 0.29) is 281 Å². The predicted molar refractivity (Wildman–Crippen MR) is 388 cm³/mol. The number of hydrogen-bond donors (Lipinski definition) is 7. The van der Waals surface area contributed by atoms with E-state index in [9.17, 15) is 80.6 Å². The Morgan fingerprint density at radius 3 is 1.32 bits per heavy atom. The van der Waals surface area contributed by atoms with E-state index in [1.54, 1.807) is 28.2 Å². The van der Waals surface area contributed by atoms with E-state index in [0.29, 0.717) is 47.2 Å². The van der Waals surface area contributed by atoms with Gasteiger partial charge < -0.3 is 73.4 Å². The molecule has 3 unspecified atom stereocenters. The third-order valence-corrected chi connectivity index (χ3v) is 19.0. The van der Waals surface area contributed by atoms with Gasteiger partial charge in [0.15, 0.2) is 63.6 Å². The van der Waals surface area contributed by atoms with Gasteiger partial charge in [0.25, 0.3) is 16.6 Å². The number of rotatable bonds is 23. The summed E-state index contributed by atoms with van der Waals surface area (Å²) in [5.41, 5.74) is 0. The summed E-state index contributed by atoms with van der Waals surface area (Å²) in [6, 6.07) is -0.0805. The van der Waals surface area contributed by atoms with Crippen LogP contribution in [-0.2, 0) is 38.4 Å². The molecule has 6 saturated carbocycles. The summed E-state index contributed by atoms with van der Waals surface area (Å²) in [4.78, 5) is 83.4. The maximum absolute atomic E-state index is 13.0. The van der Waals surface area contributed by atoms with Crippen molar-refractivity contribution in [1.29, 1.82) is 0 Å². The van der Waals surface area contributed by atoms with Crippen molar-refractivity contribution in [2.24, 2.45) is 35.5 Å². The fraction of sp³-hybridized carbons (Fsp3) is 0.613. The van der Waals surface area contributed by atoms with Crippen molar-refractivity contribution in [2.75, 3.05) is 99.4 Å². The molecule has 7 aliphatic rings. The molecule has 5 aromatic rings. The van der Waals surface area contributed by atoms with Crippen molar-refractivity contribution in [2.45, 2.75) is 131 Å². The van der Waals surface area contributed by atoms with Gasteiger partial charge in [-0.15, -0.1) is 0 Å². The summed E-state index contributed by atoms with van der Waals surface area (Å²) in [6.45, 7) is -0.385. The topological polar surface area (TPSA) is 422 Å². The Morgan fingerprint density at radius 2 is 0.957 bits per heavy atom. The third-order valence-electron chi connectivity index (χ3n) is 17.0. The predicted octanol–water partition coefficient (Wildman–Crippen LogP) is 1.71. The van der Waals surface area contributed by atoms with Crippen LogP contribution in [0.1, 0.15) is 79.9 Å². The first-order chi connectivity index (χ1) is 52.1. The molecule has 31 nitrogen and oxygen atoms in total. The number of carbonyl (C=O) groups excluding carboxylic acids is 3. The van der Waals surface area contributed by atoms with E-state index in [4.69, 9.17) is 101 Å². The Hall–Kier alpha value is -3.06. The number of ether oxygens (including phenoxy) is 4. The standard InChI is InChI=1S/C12H16ClF2N3O4S.C11H14ClF2N3O2.C11H12ClF2N3O2.C11H12ClF2N3O.C6H7BrF2O.C5H6ClN3O.C5H6F2O2.CH2O3.B.2K.Na.2H/c1-16-10-8(5-17-11(13)18-10)21-6-9(22-23(2,19)20)7-3-12(14,15)4-7;2*1-15-9-8(4-16-10(12)17-9)19-5-7(18)6-2-11(13,14)3-6;1-17-7(6-2-11(13,14)3-6)5-18-8-4-15-10(12)16-9(8)17;7-3-5(10)4-1-6(8,9)2-4;1-7-4-3(10)2-8-5(6)9-4;6-5(7)1-3(2-5)4(8)9;2-1-4-3;;;;;;/h5,7,9H,3-4,6H2,1-2H3,(H,16,17,18);4,6-7,18H,2-3,5H2,1H3,(H,15,16,17);4,6H,2-3,5H2,1H3,(H,15,16,17);4,6-7H,2-3,5H2,1H3;4H,1-3H2;2,10H,1H3,(H,7,8,9);3H,1-2H2,(H,8,9);1,3H;;;;;;/q;;;;;;;;;3*+1;2*-1/p-1. The second-order valence-electron chi connectivity index (χ2n) is 25.6. The van der Waals surface area contributed by atoms with E-state index < -0.39 is 132 Å². The number of halogens is 18. The first-order valence-electron chi connectivity index (χ1n) is 32.8. The van der Waals surface area contributed by atoms with E-state index >= 15 is 0 Å². The molecule has 6 fully saturated rings. The van der Waals surface area contributed by atoms with Gasteiger partial charge in [0.1, 0.15) is 38.3 Å². The van der Waals surface area contributed by atoms with Crippen molar-refractivity contribution in [3.05, 3.63) is 57.4 Å². The van der Waals surface area contributed by atoms with Gasteiger partial charge in [0.05, 0.1) is 60.6 Å². The van der Waals surface area contributed by atoms with E-state index in [2.05, 4.69) is 91.9 Å². The minimum atomic E-state index is -3.80. The molecule has 12 rings (SSSR count). The average molecular weight is 1920 g/mol. The number of likely N-dealkylation sites (N-methyl/N-ethyl adjacent to an activating group) is 1. The molecule has 54 heteroatoms. The zero-order valence-electron chi connectivity index (χ0n) is 65.0. The van der Waals surface area contributed by atoms with Crippen molar-refractivity contribution in [3.8, 4) is 28.7 Å². The summed E-state index contributed by atoms with van der Waals surface area (Å²) in [5.74, 6) is -17.2. The van der Waals surface area contributed by atoms with Crippen LogP contribution in [0.25, 0.3) is 0 Å². The number of nitrogens with zero attached hydrogens (tertiary/aromatic N) is 11. The summed E-state index contributed by atoms with van der Waals surface area (Å²) < 4.78 is 200. The summed E-state index contributed by atoms with van der Waals surface area (Å²) in [6.07, 6.45) is 1.75. The van der Waals surface area contributed by atoms with Gasteiger partial charge in [-0.05, 0) is 69.8 Å². The van der Waals surface area contributed by atoms with Crippen LogP contribution in [0.4, 0.5) is 81.8 Å². The average Bonchev–Trinajstić information content (AvgIpc) is 0.764. The molecule has 5 aromatic heterocycles. The minimum absolute atomic E-state index is 0. The number of aliphatic hydroxyl groups is 1. The molecule has 116 heavy (non-hydrogen) atoms. The number of fused-ring (bicyclic) bond motifs is 1. The first kappa shape index (κ1) is 111. The number of alkyl halides is 13. The molecule has 0 aromatic carbocycles. The van der Waals surface area contributed by atoms with Crippen LogP contribution in [0, 0.1) is 35.5 Å². The number of carbonyl (C=O) groups is 4. The number of hydrogen-bond acceptors (Lipinski definition) is 30. The van der Waals surface area contributed by atoms with Crippen LogP contribution >= 0.6 is 73.9 Å². The molecule has 6 aliphatic carbocycles. The van der Waals surface area contributed by atoms with E-state index in [1.807, 2.05) is 11.9 Å². The van der Waals surface area contributed by atoms with Crippen LogP contribution in [0.3, 0.4) is 0 Å². The summed E-state index contributed by atoms with van der Waals surface area (Å²) in [5, 5.41) is 46.7. The fourth-order valence-electron chi connectivity index (χ4n) is 10.9. The van der Waals surface area contributed by atoms with Crippen LogP contribution in [-0.4, -0.2) is 233 Å².